The quantitative estimate of drug-likeness (QED) is 0.290. The molecule has 0 unspecified atom stereocenters. The zero-order valence-corrected chi connectivity index (χ0v) is 9.42. The van der Waals surface area contributed by atoms with E-state index in [0.29, 0.717) is 16.6 Å². The summed E-state index contributed by atoms with van der Waals surface area (Å²) in [7, 11) is 0. The second-order valence-electron chi connectivity index (χ2n) is 3.86. The molecule has 2 aromatic carbocycles. The minimum absolute atomic E-state index is 0.370. The number of rotatable bonds is 1. The first-order valence-electron chi connectivity index (χ1n) is 5.46. The normalized spacial score (nSPS) is 10.7. The maximum absolute atomic E-state index is 11.7. The molecule has 1 heterocycles. The smallest absolute Gasteiger partial charge is 0.267 e. The fourth-order valence-electron chi connectivity index (χ4n) is 1.90. The predicted molar refractivity (Wildman–Crippen MR) is 68.7 cm³/mol. The third-order valence-electron chi connectivity index (χ3n) is 2.75. The highest BCUT2D eigenvalue weighted by molar-refractivity contribution is 6.05. The lowest BCUT2D eigenvalue weighted by Crippen LogP contribution is -2.30. The number of nitrogens with two attached hydrogens (primary N) is 1. The van der Waals surface area contributed by atoms with Gasteiger partial charge >= 0.3 is 0 Å². The zero-order valence-electron chi connectivity index (χ0n) is 9.42. The van der Waals surface area contributed by atoms with Crippen molar-refractivity contribution < 1.29 is 4.79 Å². The van der Waals surface area contributed by atoms with Gasteiger partial charge in [-0.3, -0.25) is 10.2 Å². The lowest BCUT2D eigenvalue weighted by atomic mass is 10.1. The summed E-state index contributed by atoms with van der Waals surface area (Å²) >= 11 is 0. The lowest BCUT2D eigenvalue weighted by molar-refractivity contribution is 0.0955. The van der Waals surface area contributed by atoms with Crippen LogP contribution < -0.4 is 11.3 Å². The molecule has 88 valence electrons. The van der Waals surface area contributed by atoms with E-state index >= 15 is 0 Å². The summed E-state index contributed by atoms with van der Waals surface area (Å²) in [4.78, 5) is 20.6. The van der Waals surface area contributed by atoms with Crippen LogP contribution in [0.15, 0.2) is 42.5 Å². The summed E-state index contributed by atoms with van der Waals surface area (Å²) in [6, 6.07) is 12.8. The third kappa shape index (κ3) is 1.57. The van der Waals surface area contributed by atoms with Crippen LogP contribution in [0.2, 0.25) is 0 Å². The van der Waals surface area contributed by atoms with Crippen LogP contribution in [0.3, 0.4) is 0 Å². The Morgan fingerprint density at radius 3 is 2.33 bits per heavy atom. The Balaban J connectivity index is 2.39. The van der Waals surface area contributed by atoms with Crippen LogP contribution in [0.25, 0.3) is 22.1 Å². The number of amides is 1. The average Bonchev–Trinajstić information content (AvgIpc) is 2.43. The van der Waals surface area contributed by atoms with Crippen LogP contribution in [0.4, 0.5) is 0 Å². The highest BCUT2D eigenvalue weighted by Gasteiger charge is 2.11. The van der Waals surface area contributed by atoms with Gasteiger partial charge in [0.1, 0.15) is 5.52 Å². The van der Waals surface area contributed by atoms with Gasteiger partial charge < -0.3 is 0 Å². The summed E-state index contributed by atoms with van der Waals surface area (Å²) in [5, 5.41) is 0. The molecule has 5 heteroatoms. The van der Waals surface area contributed by atoms with E-state index in [1.54, 1.807) is 12.1 Å². The Bertz CT molecular complexity index is 754. The molecule has 0 bridgehead atoms. The van der Waals surface area contributed by atoms with Crippen molar-refractivity contribution >= 4 is 28.0 Å². The number of benzene rings is 2. The van der Waals surface area contributed by atoms with E-state index < -0.39 is 0 Å². The van der Waals surface area contributed by atoms with E-state index in [-0.39, 0.29) is 5.91 Å². The third-order valence-corrected chi connectivity index (χ3v) is 2.75. The molecule has 0 aliphatic heterocycles. The topological polar surface area (TPSA) is 80.9 Å². The van der Waals surface area contributed by atoms with Crippen LogP contribution in [0.5, 0.6) is 0 Å². The largest absolute Gasteiger partial charge is 0.290 e. The Labute approximate surface area is 103 Å². The minimum Gasteiger partial charge on any atom is -0.290 e. The molecule has 0 saturated heterocycles. The van der Waals surface area contributed by atoms with Gasteiger partial charge in [0.2, 0.25) is 0 Å². The van der Waals surface area contributed by atoms with Gasteiger partial charge in [0.05, 0.1) is 22.1 Å². The first kappa shape index (κ1) is 10.6. The molecule has 3 rings (SSSR count). The van der Waals surface area contributed by atoms with Crippen LogP contribution in [-0.4, -0.2) is 15.9 Å². The van der Waals surface area contributed by atoms with Crippen LogP contribution in [-0.2, 0) is 0 Å². The van der Waals surface area contributed by atoms with E-state index in [9.17, 15) is 4.79 Å². The number of carbonyl (C=O) groups excluding carboxylic acids is 1. The van der Waals surface area contributed by atoms with E-state index in [1.165, 1.54) is 0 Å². The molecule has 0 atom stereocenters. The molecule has 3 N–H and O–H groups in total. The molecule has 0 saturated carbocycles. The maximum atomic E-state index is 11.7. The number of fused-ring (bicyclic) bond motifs is 2. The Hall–Kier alpha value is -2.53. The molecule has 1 amide bonds. The van der Waals surface area contributed by atoms with Gasteiger partial charge in [0.25, 0.3) is 5.91 Å². The van der Waals surface area contributed by atoms with Crippen molar-refractivity contribution in [1.82, 2.24) is 15.4 Å². The predicted octanol–water partition coefficient (Wildman–Crippen LogP) is 1.39. The monoisotopic (exact) mass is 238 g/mol. The van der Waals surface area contributed by atoms with Crippen LogP contribution >= 0.6 is 0 Å². The number of hydrogen-bond acceptors (Lipinski definition) is 4. The van der Waals surface area contributed by atoms with Gasteiger partial charge in [-0.1, -0.05) is 18.2 Å². The molecule has 5 nitrogen and oxygen atoms in total. The van der Waals surface area contributed by atoms with Gasteiger partial charge in [0, 0.05) is 0 Å². The van der Waals surface area contributed by atoms with Crippen molar-refractivity contribution in [3.8, 4) is 0 Å². The van der Waals surface area contributed by atoms with Crippen LogP contribution in [0.1, 0.15) is 10.4 Å². The number of aromatic nitrogens is 2. The number of carbonyl (C=O) groups is 1. The minimum atomic E-state index is -0.370. The number of nitrogen functional groups attached to an aromatic ring is 1. The van der Waals surface area contributed by atoms with Gasteiger partial charge in [0.15, 0.2) is 0 Å². The van der Waals surface area contributed by atoms with Crippen molar-refractivity contribution in [2.45, 2.75) is 0 Å². The molecule has 0 radical (unpaired) electrons. The number of hydrogen-bond donors (Lipinski definition) is 2. The molecule has 3 aromatic rings. The number of para-hydroxylation sites is 3. The van der Waals surface area contributed by atoms with Crippen molar-refractivity contribution in [3.05, 3.63) is 48.0 Å². The number of hydrazine groups is 1. The zero-order chi connectivity index (χ0) is 12.5. The number of nitrogens with one attached hydrogen (secondary N) is 1. The van der Waals surface area contributed by atoms with E-state index in [0.717, 1.165) is 11.0 Å². The molecular formula is C13H10N4O. The first-order chi connectivity index (χ1) is 8.79. The van der Waals surface area contributed by atoms with E-state index in [2.05, 4.69) is 15.4 Å². The van der Waals surface area contributed by atoms with Crippen molar-refractivity contribution in [2.24, 2.45) is 5.84 Å². The lowest BCUT2D eigenvalue weighted by Gasteiger charge is -2.05. The summed E-state index contributed by atoms with van der Waals surface area (Å²) in [6.45, 7) is 0. The van der Waals surface area contributed by atoms with Gasteiger partial charge in [-0.2, -0.15) is 0 Å². The van der Waals surface area contributed by atoms with Crippen LogP contribution in [0, 0.1) is 0 Å². The Morgan fingerprint density at radius 1 is 0.944 bits per heavy atom. The summed E-state index contributed by atoms with van der Waals surface area (Å²) in [5.74, 6) is 4.79. The average molecular weight is 238 g/mol. The van der Waals surface area contributed by atoms with Crippen molar-refractivity contribution in [2.75, 3.05) is 0 Å². The molecule has 1 aromatic heterocycles. The molecule has 18 heavy (non-hydrogen) atoms. The molecule has 0 aliphatic rings. The number of nitrogens with zero attached hydrogens (tertiary/aromatic N) is 2. The van der Waals surface area contributed by atoms with E-state index in [1.807, 2.05) is 30.3 Å². The maximum Gasteiger partial charge on any atom is 0.267 e. The van der Waals surface area contributed by atoms with E-state index in [4.69, 9.17) is 5.84 Å². The molecular weight excluding hydrogens is 228 g/mol. The highest BCUT2D eigenvalue weighted by atomic mass is 16.2. The second kappa shape index (κ2) is 4.05. The van der Waals surface area contributed by atoms with Crippen molar-refractivity contribution in [1.29, 1.82) is 0 Å². The first-order valence-corrected chi connectivity index (χ1v) is 5.46. The molecule has 0 aliphatic carbocycles. The summed E-state index contributed by atoms with van der Waals surface area (Å²) < 4.78 is 0. The Kier molecular flexibility index (Phi) is 2.39. The fraction of sp³-hybridized carbons (Fsp3) is 0. The summed E-state index contributed by atoms with van der Waals surface area (Å²) in [5.41, 5.74) is 5.32. The highest BCUT2D eigenvalue weighted by Crippen LogP contribution is 2.18. The molecule has 0 spiro atoms. The standard InChI is InChI=1S/C13H10N4O/c14-17-13(18)8-4-3-7-11-12(8)16-10-6-2-1-5-9(10)15-11/h1-7H,14H2,(H,17,18). The van der Waals surface area contributed by atoms with Gasteiger partial charge in [-0.15, -0.1) is 0 Å². The van der Waals surface area contributed by atoms with Crippen molar-refractivity contribution in [3.63, 3.8) is 0 Å². The SMILES string of the molecule is NNC(=O)c1cccc2nc3ccccc3nc12. The Morgan fingerprint density at radius 2 is 1.61 bits per heavy atom. The molecule has 0 fully saturated rings. The van der Waals surface area contributed by atoms with Gasteiger partial charge in [-0.05, 0) is 24.3 Å². The summed E-state index contributed by atoms with van der Waals surface area (Å²) in [6.07, 6.45) is 0. The van der Waals surface area contributed by atoms with Gasteiger partial charge in [-0.25, -0.2) is 15.8 Å². The second-order valence-corrected chi connectivity index (χ2v) is 3.86. The fourth-order valence-corrected chi connectivity index (χ4v) is 1.90.